The Morgan fingerprint density at radius 2 is 1.87 bits per heavy atom. The van der Waals surface area contributed by atoms with Crippen LogP contribution in [0.2, 0.25) is 0 Å². The van der Waals surface area contributed by atoms with Crippen LogP contribution < -0.4 is 20.0 Å². The number of nitrogens with one attached hydrogen (secondary N) is 1. The van der Waals surface area contributed by atoms with Crippen LogP contribution in [-0.2, 0) is 0 Å². The molecule has 0 aromatic carbocycles. The van der Waals surface area contributed by atoms with E-state index in [9.17, 15) is 18.0 Å². The van der Waals surface area contributed by atoms with Crippen LogP contribution in [0.3, 0.4) is 0 Å². The molecule has 164 valence electrons. The number of carbonyl (C=O) groups excluding carboxylic acids is 1. The summed E-state index contributed by atoms with van der Waals surface area (Å²) in [6.07, 6.45) is 0.981. The molecule has 0 bridgehead atoms. The summed E-state index contributed by atoms with van der Waals surface area (Å²) in [6.45, 7) is 1.19. The number of nitrogens with zero attached hydrogens (tertiary/aromatic N) is 6. The second-order valence-corrected chi connectivity index (χ2v) is 8.03. The van der Waals surface area contributed by atoms with E-state index < -0.39 is 18.1 Å². The van der Waals surface area contributed by atoms with Crippen molar-refractivity contribution in [2.75, 3.05) is 39.7 Å². The molecule has 0 spiro atoms. The fourth-order valence-electron chi connectivity index (χ4n) is 4.65. The van der Waals surface area contributed by atoms with E-state index in [-0.39, 0.29) is 25.1 Å². The number of aromatic nitrogens is 3. The number of amides is 2. The second kappa shape index (κ2) is 7.54. The van der Waals surface area contributed by atoms with Gasteiger partial charge in [0.2, 0.25) is 5.95 Å². The van der Waals surface area contributed by atoms with Gasteiger partial charge in [-0.3, -0.25) is 10.2 Å². The Hall–Kier alpha value is -3.11. The average molecular weight is 433 g/mol. The van der Waals surface area contributed by atoms with Crippen molar-refractivity contribution in [2.45, 2.75) is 38.0 Å². The molecule has 2 aromatic rings. The number of alkyl halides is 3. The van der Waals surface area contributed by atoms with Crippen LogP contribution in [0.25, 0.3) is 0 Å². The molecule has 11 heteroatoms. The van der Waals surface area contributed by atoms with Crippen molar-refractivity contribution in [3.05, 3.63) is 30.6 Å². The predicted molar refractivity (Wildman–Crippen MR) is 109 cm³/mol. The molecule has 0 radical (unpaired) electrons. The maximum absolute atomic E-state index is 13.3. The lowest BCUT2D eigenvalue weighted by Crippen LogP contribution is -2.45. The fraction of sp³-hybridized carbons (Fsp3) is 0.500. The Balaban J connectivity index is 1.44. The summed E-state index contributed by atoms with van der Waals surface area (Å²) in [5.41, 5.74) is 0.819. The van der Waals surface area contributed by atoms with Crippen LogP contribution in [0, 0.1) is 5.92 Å². The van der Waals surface area contributed by atoms with Gasteiger partial charge in [0.15, 0.2) is 5.82 Å². The molecule has 31 heavy (non-hydrogen) atoms. The highest BCUT2D eigenvalue weighted by Gasteiger charge is 2.45. The SMILES string of the molecule is O=C(Nc1ncccn1)N1c2nc(N3CCCC(C(F)(F)F)C3)ccc2N2CCC[C@H]21. The molecule has 2 atom stereocenters. The zero-order chi connectivity index (χ0) is 21.6. The molecule has 2 amide bonds. The van der Waals surface area contributed by atoms with Gasteiger partial charge in [0.05, 0.1) is 11.6 Å². The average Bonchev–Trinajstić information content (AvgIpc) is 3.34. The van der Waals surface area contributed by atoms with E-state index in [0.717, 1.165) is 25.1 Å². The van der Waals surface area contributed by atoms with Gasteiger partial charge in [-0.15, -0.1) is 0 Å². The van der Waals surface area contributed by atoms with Crippen molar-refractivity contribution < 1.29 is 18.0 Å². The van der Waals surface area contributed by atoms with Crippen molar-refractivity contribution in [3.63, 3.8) is 0 Å². The maximum atomic E-state index is 13.3. The molecule has 2 fully saturated rings. The van der Waals surface area contributed by atoms with Crippen LogP contribution in [0.1, 0.15) is 25.7 Å². The molecule has 1 unspecified atom stereocenters. The van der Waals surface area contributed by atoms with Gasteiger partial charge in [-0.2, -0.15) is 13.2 Å². The summed E-state index contributed by atoms with van der Waals surface area (Å²) in [5, 5.41) is 2.70. The highest BCUT2D eigenvalue weighted by atomic mass is 19.4. The van der Waals surface area contributed by atoms with E-state index in [1.165, 1.54) is 12.4 Å². The zero-order valence-corrected chi connectivity index (χ0v) is 16.7. The fourth-order valence-corrected chi connectivity index (χ4v) is 4.65. The third-order valence-corrected chi connectivity index (χ3v) is 6.11. The molecule has 1 N–H and O–H groups in total. The van der Waals surface area contributed by atoms with Crippen LogP contribution in [-0.4, -0.2) is 53.0 Å². The van der Waals surface area contributed by atoms with Gasteiger partial charge in [0.1, 0.15) is 12.0 Å². The molecule has 0 aliphatic carbocycles. The monoisotopic (exact) mass is 433 g/mol. The normalized spacial score (nSPS) is 23.0. The van der Waals surface area contributed by atoms with E-state index in [0.29, 0.717) is 24.6 Å². The molecule has 0 saturated carbocycles. The first kappa shape index (κ1) is 19.8. The van der Waals surface area contributed by atoms with Crippen molar-refractivity contribution in [3.8, 4) is 0 Å². The predicted octanol–water partition coefficient (Wildman–Crippen LogP) is 3.63. The second-order valence-electron chi connectivity index (χ2n) is 8.03. The molecule has 2 saturated heterocycles. The Morgan fingerprint density at radius 3 is 2.65 bits per heavy atom. The number of hydrogen-bond acceptors (Lipinski definition) is 6. The number of carbonyl (C=O) groups is 1. The van der Waals surface area contributed by atoms with Gasteiger partial charge in [-0.25, -0.2) is 19.7 Å². The summed E-state index contributed by atoms with van der Waals surface area (Å²) in [6, 6.07) is 4.87. The van der Waals surface area contributed by atoms with Gasteiger partial charge in [0.25, 0.3) is 0 Å². The van der Waals surface area contributed by atoms with E-state index in [2.05, 4.69) is 25.2 Å². The van der Waals surface area contributed by atoms with Gasteiger partial charge < -0.3 is 9.80 Å². The third-order valence-electron chi connectivity index (χ3n) is 6.11. The van der Waals surface area contributed by atoms with Crippen molar-refractivity contribution in [2.24, 2.45) is 5.92 Å². The molecule has 3 aliphatic heterocycles. The number of anilines is 4. The molecule has 5 rings (SSSR count). The maximum Gasteiger partial charge on any atom is 0.393 e. The number of halogens is 3. The van der Waals surface area contributed by atoms with Crippen LogP contribution in [0.5, 0.6) is 0 Å². The number of piperidine rings is 1. The Labute approximate surface area is 177 Å². The summed E-state index contributed by atoms with van der Waals surface area (Å²) in [5.74, 6) is -0.257. The van der Waals surface area contributed by atoms with Crippen LogP contribution >= 0.6 is 0 Å². The highest BCUT2D eigenvalue weighted by Crippen LogP contribution is 2.44. The molecule has 8 nitrogen and oxygen atoms in total. The Kier molecular flexibility index (Phi) is 4.82. The minimum Gasteiger partial charge on any atom is -0.356 e. The Bertz CT molecular complexity index is 971. The first-order valence-electron chi connectivity index (χ1n) is 10.4. The van der Waals surface area contributed by atoms with E-state index in [1.807, 2.05) is 6.07 Å². The minimum absolute atomic E-state index is 0.119. The molecule has 5 heterocycles. The third kappa shape index (κ3) is 3.61. The topological polar surface area (TPSA) is 77.5 Å². The number of urea groups is 1. The lowest BCUT2D eigenvalue weighted by atomic mass is 9.97. The van der Waals surface area contributed by atoms with Crippen LogP contribution in [0.4, 0.5) is 41.2 Å². The van der Waals surface area contributed by atoms with E-state index >= 15 is 0 Å². The molecular weight excluding hydrogens is 411 g/mol. The van der Waals surface area contributed by atoms with Gasteiger partial charge >= 0.3 is 12.2 Å². The summed E-state index contributed by atoms with van der Waals surface area (Å²) < 4.78 is 39.8. The zero-order valence-electron chi connectivity index (χ0n) is 16.7. The van der Waals surface area contributed by atoms with Gasteiger partial charge in [-0.1, -0.05) is 0 Å². The molecule has 2 aromatic heterocycles. The number of fused-ring (bicyclic) bond motifs is 3. The van der Waals surface area contributed by atoms with Crippen molar-refractivity contribution in [1.29, 1.82) is 0 Å². The summed E-state index contributed by atoms with van der Waals surface area (Å²) >= 11 is 0. The first-order valence-corrected chi connectivity index (χ1v) is 10.4. The van der Waals surface area contributed by atoms with Gasteiger partial charge in [-0.05, 0) is 43.9 Å². The van der Waals surface area contributed by atoms with Gasteiger partial charge in [0, 0.05) is 32.0 Å². The molecular formula is C20H22F3N7O. The largest absolute Gasteiger partial charge is 0.393 e. The van der Waals surface area contributed by atoms with Crippen LogP contribution in [0.15, 0.2) is 30.6 Å². The number of hydrogen-bond donors (Lipinski definition) is 1. The first-order chi connectivity index (χ1) is 14.9. The van der Waals surface area contributed by atoms with E-state index in [1.54, 1.807) is 21.9 Å². The summed E-state index contributed by atoms with van der Waals surface area (Å²) in [7, 11) is 0. The van der Waals surface area contributed by atoms with E-state index in [4.69, 9.17) is 0 Å². The lowest BCUT2D eigenvalue weighted by molar-refractivity contribution is -0.176. The quantitative estimate of drug-likeness (QED) is 0.780. The number of rotatable bonds is 2. The minimum atomic E-state index is -4.22. The Morgan fingerprint density at radius 1 is 1.10 bits per heavy atom. The number of pyridine rings is 1. The van der Waals surface area contributed by atoms with Crippen molar-refractivity contribution in [1.82, 2.24) is 15.0 Å². The molecule has 3 aliphatic rings. The van der Waals surface area contributed by atoms with Crippen molar-refractivity contribution >= 4 is 29.3 Å². The standard InChI is InChI=1S/C20H22F3N7O/c21-20(22,23)13-4-1-10-28(12-13)15-7-6-14-17(26-15)30(16-5-2-11-29(14)16)19(31)27-18-24-8-3-9-25-18/h3,6-9,13,16H,1-2,4-5,10-12H2,(H,24,25,27,31)/t13?,16-/m1/s1. The highest BCUT2D eigenvalue weighted by molar-refractivity contribution is 6.05. The summed E-state index contributed by atoms with van der Waals surface area (Å²) in [4.78, 5) is 31.2. The smallest absolute Gasteiger partial charge is 0.356 e. The lowest BCUT2D eigenvalue weighted by Gasteiger charge is -2.34.